The lowest BCUT2D eigenvalue weighted by Crippen LogP contribution is -2.41. The van der Waals surface area contributed by atoms with Crippen LogP contribution in [0.3, 0.4) is 0 Å². The number of carbonyl (C=O) groups is 1. The Bertz CT molecular complexity index is 870. The van der Waals surface area contributed by atoms with Gasteiger partial charge in [0.25, 0.3) is 0 Å². The van der Waals surface area contributed by atoms with Crippen LogP contribution in [-0.2, 0) is 0 Å². The first-order valence-corrected chi connectivity index (χ1v) is 10.5. The van der Waals surface area contributed by atoms with E-state index in [4.69, 9.17) is 0 Å². The summed E-state index contributed by atoms with van der Waals surface area (Å²) in [5.41, 5.74) is 0.865. The minimum atomic E-state index is -0.265. The highest BCUT2D eigenvalue weighted by Crippen LogP contribution is 2.46. The van der Waals surface area contributed by atoms with Gasteiger partial charge in [-0.05, 0) is 17.7 Å². The molecule has 0 N–H and O–H groups in total. The van der Waals surface area contributed by atoms with Gasteiger partial charge in [-0.3, -0.25) is 0 Å². The molecule has 0 unspecified atom stereocenters. The maximum atomic E-state index is 13.9. The molecule has 1 aromatic heterocycles. The maximum absolute atomic E-state index is 13.9. The van der Waals surface area contributed by atoms with Crippen molar-refractivity contribution in [1.82, 2.24) is 20.0 Å². The van der Waals surface area contributed by atoms with Gasteiger partial charge >= 0.3 is 6.03 Å². The van der Waals surface area contributed by atoms with Gasteiger partial charge in [-0.15, -0.1) is 10.2 Å². The van der Waals surface area contributed by atoms with E-state index in [1.54, 1.807) is 42.5 Å². The summed E-state index contributed by atoms with van der Waals surface area (Å²) < 4.78 is 13.9. The van der Waals surface area contributed by atoms with Crippen LogP contribution in [0.5, 0.6) is 0 Å². The second-order valence-corrected chi connectivity index (χ2v) is 9.22. The van der Waals surface area contributed by atoms with Crippen LogP contribution in [0.25, 0.3) is 0 Å². The Balaban J connectivity index is 1.62. The lowest BCUT2D eigenvalue weighted by Gasteiger charge is -2.31. The molecule has 2 amide bonds. The van der Waals surface area contributed by atoms with E-state index in [0.717, 1.165) is 28.8 Å². The van der Waals surface area contributed by atoms with Gasteiger partial charge in [-0.25, -0.2) is 9.18 Å². The molecular formula is C20H26FN5OS. The summed E-state index contributed by atoms with van der Waals surface area (Å²) in [6.07, 6.45) is 0. The standard InChI is InChI=1S/C20H26FN5OS/c1-12(2)18-22-23-19(28-18)25-9-14-10-26(20(27)24(3)4)17(16(14)11-25)13-6-5-7-15(21)8-13/h5-8,12,14,16-17H,9-11H2,1-4H3/t14-,16-,17-/m1/s1. The Hall–Kier alpha value is -2.22. The van der Waals surface area contributed by atoms with Gasteiger partial charge in [0.15, 0.2) is 0 Å². The number of nitrogens with zero attached hydrogens (tertiary/aromatic N) is 5. The molecule has 2 aromatic rings. The quantitative estimate of drug-likeness (QED) is 0.786. The average Bonchev–Trinajstić information content (AvgIpc) is 3.34. The van der Waals surface area contributed by atoms with E-state index in [0.29, 0.717) is 18.4 Å². The summed E-state index contributed by atoms with van der Waals surface area (Å²) in [7, 11) is 3.53. The Morgan fingerprint density at radius 3 is 2.68 bits per heavy atom. The summed E-state index contributed by atoms with van der Waals surface area (Å²) in [6.45, 7) is 6.56. The zero-order valence-electron chi connectivity index (χ0n) is 16.7. The highest BCUT2D eigenvalue weighted by atomic mass is 32.1. The normalized spacial score (nSPS) is 24.1. The van der Waals surface area contributed by atoms with E-state index < -0.39 is 0 Å². The highest BCUT2D eigenvalue weighted by Gasteiger charge is 2.50. The Kier molecular flexibility index (Phi) is 4.99. The third-order valence-electron chi connectivity index (χ3n) is 5.68. The summed E-state index contributed by atoms with van der Waals surface area (Å²) >= 11 is 1.64. The SMILES string of the molecule is CC(C)c1nnc(N2C[C@@H]3CN(C(=O)N(C)C)[C@H](c4cccc(F)c4)[C@@H]3C2)s1. The topological polar surface area (TPSA) is 52.6 Å². The van der Waals surface area contributed by atoms with E-state index in [1.807, 2.05) is 11.0 Å². The first kappa shape index (κ1) is 19.1. The van der Waals surface area contributed by atoms with E-state index in [1.165, 1.54) is 6.07 Å². The van der Waals surface area contributed by atoms with Crippen LogP contribution in [-0.4, -0.2) is 59.8 Å². The number of halogens is 1. The number of rotatable bonds is 3. The predicted molar refractivity (Wildman–Crippen MR) is 108 cm³/mol. The maximum Gasteiger partial charge on any atom is 0.320 e. The van der Waals surface area contributed by atoms with Crippen molar-refractivity contribution in [1.29, 1.82) is 0 Å². The van der Waals surface area contributed by atoms with Crippen LogP contribution in [0, 0.1) is 17.7 Å². The number of hydrogen-bond donors (Lipinski definition) is 0. The van der Waals surface area contributed by atoms with Crippen molar-refractivity contribution in [3.63, 3.8) is 0 Å². The molecule has 0 spiro atoms. The molecule has 2 aliphatic heterocycles. The molecule has 3 atom stereocenters. The highest BCUT2D eigenvalue weighted by molar-refractivity contribution is 7.15. The third kappa shape index (κ3) is 3.34. The first-order valence-electron chi connectivity index (χ1n) is 9.67. The van der Waals surface area contributed by atoms with Crippen molar-refractivity contribution in [3.8, 4) is 0 Å². The molecule has 0 bridgehead atoms. The fourth-order valence-electron chi connectivity index (χ4n) is 4.36. The monoisotopic (exact) mass is 403 g/mol. The molecule has 2 fully saturated rings. The zero-order valence-corrected chi connectivity index (χ0v) is 17.5. The molecule has 150 valence electrons. The Labute approximate surface area is 169 Å². The molecule has 4 rings (SSSR count). The molecule has 2 saturated heterocycles. The van der Waals surface area contributed by atoms with E-state index in [9.17, 15) is 9.18 Å². The number of amides is 2. The zero-order chi connectivity index (χ0) is 20.0. The van der Waals surface area contributed by atoms with Crippen molar-refractivity contribution in [2.45, 2.75) is 25.8 Å². The van der Waals surface area contributed by atoms with Crippen molar-refractivity contribution in [2.75, 3.05) is 38.6 Å². The van der Waals surface area contributed by atoms with E-state index >= 15 is 0 Å². The van der Waals surface area contributed by atoms with E-state index in [2.05, 4.69) is 28.9 Å². The number of carbonyl (C=O) groups excluding carboxylic acids is 1. The average molecular weight is 404 g/mol. The number of fused-ring (bicyclic) bond motifs is 1. The van der Waals surface area contributed by atoms with Gasteiger partial charge in [0.1, 0.15) is 10.8 Å². The number of urea groups is 1. The minimum Gasteiger partial charge on any atom is -0.346 e. The molecule has 2 aliphatic rings. The van der Waals surface area contributed by atoms with Gasteiger partial charge < -0.3 is 14.7 Å². The number of likely N-dealkylation sites (tertiary alicyclic amines) is 1. The summed E-state index contributed by atoms with van der Waals surface area (Å²) in [5, 5.41) is 10.7. The van der Waals surface area contributed by atoms with Crippen molar-refractivity contribution in [3.05, 3.63) is 40.7 Å². The second kappa shape index (κ2) is 7.31. The second-order valence-electron chi connectivity index (χ2n) is 8.24. The van der Waals surface area contributed by atoms with Gasteiger partial charge in [-0.1, -0.05) is 37.3 Å². The molecular weight excluding hydrogens is 377 g/mol. The van der Waals surface area contributed by atoms with Crippen LogP contribution < -0.4 is 4.90 Å². The van der Waals surface area contributed by atoms with Crippen LogP contribution in [0.4, 0.5) is 14.3 Å². The lowest BCUT2D eigenvalue weighted by atomic mass is 9.89. The molecule has 3 heterocycles. The first-order chi connectivity index (χ1) is 13.3. The molecule has 1 aromatic carbocycles. The van der Waals surface area contributed by atoms with Gasteiger partial charge in [0.05, 0.1) is 6.04 Å². The van der Waals surface area contributed by atoms with Crippen molar-refractivity contribution in [2.24, 2.45) is 11.8 Å². The molecule has 0 saturated carbocycles. The van der Waals surface area contributed by atoms with Gasteiger partial charge in [-0.2, -0.15) is 0 Å². The molecule has 8 heteroatoms. The molecule has 0 aliphatic carbocycles. The van der Waals surface area contributed by atoms with Crippen LogP contribution in [0.1, 0.15) is 36.4 Å². The smallest absolute Gasteiger partial charge is 0.320 e. The third-order valence-corrected chi connectivity index (χ3v) is 6.96. The summed E-state index contributed by atoms with van der Waals surface area (Å²) in [6, 6.07) is 6.52. The number of hydrogen-bond acceptors (Lipinski definition) is 5. The number of aromatic nitrogens is 2. The molecule has 0 radical (unpaired) electrons. The fraction of sp³-hybridized carbons (Fsp3) is 0.550. The van der Waals surface area contributed by atoms with Gasteiger partial charge in [0.2, 0.25) is 5.13 Å². The minimum absolute atomic E-state index is 0.0202. The van der Waals surface area contributed by atoms with Gasteiger partial charge in [0, 0.05) is 51.5 Å². The predicted octanol–water partition coefficient (Wildman–Crippen LogP) is 3.59. The summed E-state index contributed by atoms with van der Waals surface area (Å²) in [5.74, 6) is 0.682. The summed E-state index contributed by atoms with van der Waals surface area (Å²) in [4.78, 5) is 18.6. The van der Waals surface area contributed by atoms with E-state index in [-0.39, 0.29) is 23.8 Å². The molecule has 6 nitrogen and oxygen atoms in total. The van der Waals surface area contributed by atoms with Crippen LogP contribution >= 0.6 is 11.3 Å². The van der Waals surface area contributed by atoms with Crippen molar-refractivity contribution < 1.29 is 9.18 Å². The Morgan fingerprint density at radius 2 is 2.04 bits per heavy atom. The van der Waals surface area contributed by atoms with Crippen molar-refractivity contribution >= 4 is 22.5 Å². The van der Waals surface area contributed by atoms with Crippen LogP contribution in [0.15, 0.2) is 24.3 Å². The lowest BCUT2D eigenvalue weighted by molar-refractivity contribution is 0.159. The van der Waals surface area contributed by atoms with Crippen LogP contribution in [0.2, 0.25) is 0 Å². The fourth-order valence-corrected chi connectivity index (χ4v) is 5.22. The Morgan fingerprint density at radius 1 is 1.25 bits per heavy atom. The number of anilines is 1. The molecule has 28 heavy (non-hydrogen) atoms. The number of benzene rings is 1. The largest absolute Gasteiger partial charge is 0.346 e.